The lowest BCUT2D eigenvalue weighted by Crippen LogP contribution is -2.31. The first-order valence-corrected chi connectivity index (χ1v) is 14.4. The third-order valence-corrected chi connectivity index (χ3v) is 7.63. The molecule has 8 heteroatoms. The van der Waals surface area contributed by atoms with E-state index in [4.69, 9.17) is 14.2 Å². The van der Waals surface area contributed by atoms with Crippen LogP contribution in [0.5, 0.6) is 23.0 Å². The maximum atomic E-state index is 13.9. The SMILES string of the molecule is COc1cc([C@@H]2Oc3c(OC)cc(/C=C/C(=O)NCc4ccc(C)cc4)cc3[C@H]2C(=O)NCc2ccc(C)cc2)ccc1O. The number of phenolic OH excluding ortho intramolecular Hbond substituents is 1. The fraction of sp³-hybridized carbons (Fsp3) is 0.222. The van der Waals surface area contributed by atoms with Crippen LogP contribution in [-0.2, 0) is 22.7 Å². The molecule has 0 radical (unpaired) electrons. The van der Waals surface area contributed by atoms with Crippen LogP contribution in [0.4, 0.5) is 0 Å². The number of nitrogens with one attached hydrogen (secondary N) is 2. The van der Waals surface area contributed by atoms with Crippen molar-refractivity contribution in [2.45, 2.75) is 39.0 Å². The number of carbonyl (C=O) groups is 2. The molecule has 0 spiro atoms. The largest absolute Gasteiger partial charge is 0.504 e. The Balaban J connectivity index is 1.43. The molecule has 2 amide bonds. The van der Waals surface area contributed by atoms with Gasteiger partial charge in [-0.15, -0.1) is 0 Å². The summed E-state index contributed by atoms with van der Waals surface area (Å²) in [4.78, 5) is 26.5. The van der Waals surface area contributed by atoms with Crippen molar-refractivity contribution >= 4 is 17.9 Å². The fourth-order valence-electron chi connectivity index (χ4n) is 5.15. The third-order valence-electron chi connectivity index (χ3n) is 7.63. The molecular formula is C36H36N2O6. The van der Waals surface area contributed by atoms with Crippen LogP contribution in [0.2, 0.25) is 0 Å². The van der Waals surface area contributed by atoms with Crippen LogP contribution >= 0.6 is 0 Å². The molecule has 2 atom stereocenters. The first-order chi connectivity index (χ1) is 21.2. The number of amides is 2. The molecular weight excluding hydrogens is 556 g/mol. The van der Waals surface area contributed by atoms with E-state index in [-0.39, 0.29) is 23.3 Å². The van der Waals surface area contributed by atoms with E-state index in [1.165, 1.54) is 26.4 Å². The Hall–Kier alpha value is -5.24. The Bertz CT molecular complexity index is 1680. The standard InChI is InChI=1S/C36H36N2O6/c1-22-5-9-24(10-6-22)20-37-32(40)16-13-26-17-28-33(36(41)38-21-25-11-7-23(2)8-12-25)34(44-35(28)31(18-26)43-4)27-14-15-29(39)30(19-27)42-3/h5-19,33-34,39H,20-21H2,1-4H3,(H,37,40)(H,38,41)/b16-13+/t33-,34+/m1/s1. The number of fused-ring (bicyclic) bond motifs is 1. The second-order valence-electron chi connectivity index (χ2n) is 10.8. The average molecular weight is 593 g/mol. The molecule has 0 aliphatic carbocycles. The normalized spacial score (nSPS) is 15.4. The quantitative estimate of drug-likeness (QED) is 0.198. The molecule has 0 unspecified atom stereocenters. The van der Waals surface area contributed by atoms with E-state index >= 15 is 0 Å². The van der Waals surface area contributed by atoms with Crippen molar-refractivity contribution in [3.8, 4) is 23.0 Å². The summed E-state index contributed by atoms with van der Waals surface area (Å²) in [7, 11) is 3.00. The van der Waals surface area contributed by atoms with E-state index in [0.29, 0.717) is 41.3 Å². The van der Waals surface area contributed by atoms with Crippen LogP contribution < -0.4 is 24.8 Å². The Morgan fingerprint density at radius 2 is 1.43 bits per heavy atom. The van der Waals surface area contributed by atoms with Gasteiger partial charge < -0.3 is 30.0 Å². The van der Waals surface area contributed by atoms with Crippen molar-refractivity contribution in [3.05, 3.63) is 124 Å². The first-order valence-electron chi connectivity index (χ1n) is 14.4. The molecule has 0 fully saturated rings. The van der Waals surface area contributed by atoms with Gasteiger partial charge in [-0.1, -0.05) is 65.7 Å². The van der Waals surface area contributed by atoms with Crippen LogP contribution in [0.15, 0.2) is 84.9 Å². The molecule has 4 aromatic rings. The molecule has 3 N–H and O–H groups in total. The fourth-order valence-corrected chi connectivity index (χ4v) is 5.15. The molecule has 1 aliphatic rings. The zero-order valence-electron chi connectivity index (χ0n) is 25.2. The van der Waals surface area contributed by atoms with E-state index in [0.717, 1.165) is 22.3 Å². The molecule has 8 nitrogen and oxygen atoms in total. The van der Waals surface area contributed by atoms with Crippen LogP contribution in [0.25, 0.3) is 6.08 Å². The molecule has 44 heavy (non-hydrogen) atoms. The maximum absolute atomic E-state index is 13.9. The minimum Gasteiger partial charge on any atom is -0.504 e. The van der Waals surface area contributed by atoms with E-state index in [1.54, 1.807) is 24.3 Å². The van der Waals surface area contributed by atoms with Crippen molar-refractivity contribution in [1.29, 1.82) is 0 Å². The van der Waals surface area contributed by atoms with Gasteiger partial charge in [0.15, 0.2) is 23.0 Å². The summed E-state index contributed by atoms with van der Waals surface area (Å²) in [5.74, 6) is -0.0934. The van der Waals surface area contributed by atoms with Crippen molar-refractivity contribution in [2.24, 2.45) is 0 Å². The molecule has 0 bridgehead atoms. The number of hydrogen-bond acceptors (Lipinski definition) is 6. The summed E-state index contributed by atoms with van der Waals surface area (Å²) < 4.78 is 17.4. The Morgan fingerprint density at radius 3 is 2.05 bits per heavy atom. The van der Waals surface area contributed by atoms with E-state index < -0.39 is 12.0 Å². The third kappa shape index (κ3) is 6.86. The summed E-state index contributed by atoms with van der Waals surface area (Å²) >= 11 is 0. The summed E-state index contributed by atoms with van der Waals surface area (Å²) in [6, 6.07) is 24.4. The van der Waals surface area contributed by atoms with Crippen molar-refractivity contribution < 1.29 is 28.9 Å². The van der Waals surface area contributed by atoms with E-state index in [1.807, 2.05) is 68.4 Å². The van der Waals surface area contributed by atoms with Gasteiger partial charge in [-0.2, -0.15) is 0 Å². The topological polar surface area (TPSA) is 106 Å². The predicted molar refractivity (Wildman–Crippen MR) is 169 cm³/mol. The van der Waals surface area contributed by atoms with Crippen LogP contribution in [0.3, 0.4) is 0 Å². The van der Waals surface area contributed by atoms with Crippen molar-refractivity contribution in [3.63, 3.8) is 0 Å². The van der Waals surface area contributed by atoms with E-state index in [2.05, 4.69) is 10.6 Å². The van der Waals surface area contributed by atoms with Gasteiger partial charge in [0.2, 0.25) is 11.8 Å². The number of carbonyl (C=O) groups excluding carboxylic acids is 2. The lowest BCUT2D eigenvalue weighted by atomic mass is 9.89. The maximum Gasteiger partial charge on any atom is 0.244 e. The molecule has 1 aliphatic heterocycles. The predicted octanol–water partition coefficient (Wildman–Crippen LogP) is 5.89. The molecule has 4 aromatic carbocycles. The van der Waals surface area contributed by atoms with Crippen molar-refractivity contribution in [2.75, 3.05) is 14.2 Å². The monoisotopic (exact) mass is 592 g/mol. The second kappa shape index (κ2) is 13.4. The number of aryl methyl sites for hydroxylation is 2. The second-order valence-corrected chi connectivity index (χ2v) is 10.8. The molecule has 0 saturated heterocycles. The lowest BCUT2D eigenvalue weighted by molar-refractivity contribution is -0.124. The summed E-state index contributed by atoms with van der Waals surface area (Å²) in [5.41, 5.74) is 6.22. The number of aromatic hydroxyl groups is 1. The lowest BCUT2D eigenvalue weighted by Gasteiger charge is -2.20. The molecule has 0 aromatic heterocycles. The minimum absolute atomic E-state index is 0.0159. The van der Waals surface area contributed by atoms with E-state index in [9.17, 15) is 14.7 Å². The highest BCUT2D eigenvalue weighted by atomic mass is 16.5. The summed E-state index contributed by atoms with van der Waals surface area (Å²) in [6.45, 7) is 4.78. The van der Waals surface area contributed by atoms with Crippen LogP contribution in [0, 0.1) is 13.8 Å². The smallest absolute Gasteiger partial charge is 0.244 e. The van der Waals surface area contributed by atoms with Gasteiger partial charge in [-0.3, -0.25) is 9.59 Å². The number of hydrogen-bond donors (Lipinski definition) is 3. The highest BCUT2D eigenvalue weighted by Gasteiger charge is 2.42. The van der Waals surface area contributed by atoms with Crippen LogP contribution in [0.1, 0.15) is 51.0 Å². The number of ether oxygens (including phenoxy) is 3. The van der Waals surface area contributed by atoms with Gasteiger partial charge in [0.25, 0.3) is 0 Å². The van der Waals surface area contributed by atoms with Gasteiger partial charge in [0, 0.05) is 24.7 Å². The van der Waals surface area contributed by atoms with Gasteiger partial charge >= 0.3 is 0 Å². The zero-order chi connectivity index (χ0) is 31.2. The van der Waals surface area contributed by atoms with Gasteiger partial charge in [0.05, 0.1) is 14.2 Å². The van der Waals surface area contributed by atoms with Gasteiger partial charge in [-0.25, -0.2) is 0 Å². The number of benzene rings is 4. The number of methoxy groups -OCH3 is 2. The zero-order valence-corrected chi connectivity index (χ0v) is 25.2. The van der Waals surface area contributed by atoms with Gasteiger partial charge in [-0.05, 0) is 66.4 Å². The molecule has 226 valence electrons. The highest BCUT2D eigenvalue weighted by molar-refractivity contribution is 5.92. The number of phenols is 1. The minimum atomic E-state index is -0.748. The number of rotatable bonds is 10. The van der Waals surface area contributed by atoms with Crippen molar-refractivity contribution in [1.82, 2.24) is 10.6 Å². The first kappa shape index (κ1) is 30.2. The average Bonchev–Trinajstić information content (AvgIpc) is 3.42. The summed E-state index contributed by atoms with van der Waals surface area (Å²) in [5, 5.41) is 16.1. The Morgan fingerprint density at radius 1 is 0.818 bits per heavy atom. The molecule has 0 saturated carbocycles. The Labute approximate surface area is 257 Å². The van der Waals surface area contributed by atoms with Gasteiger partial charge in [0.1, 0.15) is 12.0 Å². The Kier molecular flexibility index (Phi) is 9.19. The highest BCUT2D eigenvalue weighted by Crippen LogP contribution is 2.52. The molecule has 5 rings (SSSR count). The van der Waals surface area contributed by atoms with Crippen LogP contribution in [-0.4, -0.2) is 31.1 Å². The summed E-state index contributed by atoms with van der Waals surface area (Å²) in [6.07, 6.45) is 2.43. The molecule has 1 heterocycles.